The third-order valence-electron chi connectivity index (χ3n) is 3.44. The highest BCUT2D eigenvalue weighted by Crippen LogP contribution is 2.20. The highest BCUT2D eigenvalue weighted by atomic mass is 15.1. The molecular weight excluding hydrogens is 196 g/mol. The first-order chi connectivity index (χ1) is 7.78. The number of rotatable bonds is 4. The van der Waals surface area contributed by atoms with Gasteiger partial charge in [0.2, 0.25) is 0 Å². The van der Waals surface area contributed by atoms with Crippen LogP contribution in [0.25, 0.3) is 0 Å². The Hall–Kier alpha value is -0.860. The Labute approximate surface area is 98.4 Å². The second kappa shape index (κ2) is 5.46. The van der Waals surface area contributed by atoms with Crippen molar-refractivity contribution in [1.29, 1.82) is 0 Å². The van der Waals surface area contributed by atoms with Gasteiger partial charge in [0.15, 0.2) is 0 Å². The number of hydrogen-bond acceptors (Lipinski definition) is 2. The van der Waals surface area contributed by atoms with Gasteiger partial charge in [-0.3, -0.25) is 0 Å². The first-order valence-electron chi connectivity index (χ1n) is 6.24. The van der Waals surface area contributed by atoms with Crippen molar-refractivity contribution in [3.05, 3.63) is 35.4 Å². The lowest BCUT2D eigenvalue weighted by Crippen LogP contribution is -2.15. The third kappa shape index (κ3) is 3.06. The average molecular weight is 218 g/mol. The van der Waals surface area contributed by atoms with Crippen LogP contribution in [0.2, 0.25) is 0 Å². The molecular formula is C14H22N2. The van der Waals surface area contributed by atoms with Crippen molar-refractivity contribution in [1.82, 2.24) is 4.90 Å². The molecule has 16 heavy (non-hydrogen) atoms. The molecule has 0 radical (unpaired) electrons. The van der Waals surface area contributed by atoms with E-state index < -0.39 is 0 Å². The van der Waals surface area contributed by atoms with Crippen LogP contribution in [0.4, 0.5) is 0 Å². The summed E-state index contributed by atoms with van der Waals surface area (Å²) < 4.78 is 0. The molecule has 2 heteroatoms. The molecule has 1 aromatic carbocycles. The van der Waals surface area contributed by atoms with E-state index >= 15 is 0 Å². The van der Waals surface area contributed by atoms with Crippen molar-refractivity contribution in [2.75, 3.05) is 26.7 Å². The number of likely N-dealkylation sites (tertiary alicyclic amines) is 1. The Morgan fingerprint density at radius 1 is 1.38 bits per heavy atom. The van der Waals surface area contributed by atoms with E-state index in [1.54, 1.807) is 0 Å². The number of nitrogens with zero attached hydrogens (tertiary/aromatic N) is 1. The molecule has 0 amide bonds. The molecule has 2 nitrogen and oxygen atoms in total. The predicted octanol–water partition coefficient (Wildman–Crippen LogP) is 1.68. The van der Waals surface area contributed by atoms with Crippen LogP contribution >= 0.6 is 0 Å². The van der Waals surface area contributed by atoms with Crippen LogP contribution in [0, 0.1) is 5.92 Å². The zero-order valence-electron chi connectivity index (χ0n) is 10.2. The van der Waals surface area contributed by atoms with Crippen LogP contribution in [0.3, 0.4) is 0 Å². The van der Waals surface area contributed by atoms with Gasteiger partial charge in [-0.2, -0.15) is 0 Å². The summed E-state index contributed by atoms with van der Waals surface area (Å²) >= 11 is 0. The first kappa shape index (κ1) is 11.6. The molecule has 2 rings (SSSR count). The van der Waals surface area contributed by atoms with E-state index in [2.05, 4.69) is 36.2 Å². The van der Waals surface area contributed by atoms with Crippen molar-refractivity contribution < 1.29 is 0 Å². The minimum absolute atomic E-state index is 0.746. The number of benzene rings is 1. The van der Waals surface area contributed by atoms with Crippen LogP contribution in [-0.4, -0.2) is 31.6 Å². The summed E-state index contributed by atoms with van der Waals surface area (Å²) in [6.07, 6.45) is 3.57. The standard InChI is InChI=1S/C14H22N2/c1-16-8-6-14(11-16)10-13-4-2-3-12(9-13)5-7-15/h2-4,9,14H,5-8,10-11,15H2,1H3. The summed E-state index contributed by atoms with van der Waals surface area (Å²) in [6.45, 7) is 3.25. The van der Waals surface area contributed by atoms with Gasteiger partial charge in [-0.05, 0) is 56.4 Å². The van der Waals surface area contributed by atoms with Gasteiger partial charge in [0.05, 0.1) is 0 Å². The van der Waals surface area contributed by atoms with E-state index in [9.17, 15) is 0 Å². The van der Waals surface area contributed by atoms with Crippen molar-refractivity contribution in [2.45, 2.75) is 19.3 Å². The molecule has 1 heterocycles. The maximum atomic E-state index is 5.59. The van der Waals surface area contributed by atoms with E-state index in [4.69, 9.17) is 5.73 Å². The van der Waals surface area contributed by atoms with Crippen LogP contribution in [0.1, 0.15) is 17.5 Å². The van der Waals surface area contributed by atoms with Gasteiger partial charge in [0.1, 0.15) is 0 Å². The molecule has 1 saturated heterocycles. The van der Waals surface area contributed by atoms with Gasteiger partial charge in [-0.1, -0.05) is 24.3 Å². The molecule has 1 aliphatic heterocycles. The van der Waals surface area contributed by atoms with Gasteiger partial charge in [-0.25, -0.2) is 0 Å². The Kier molecular flexibility index (Phi) is 3.97. The summed E-state index contributed by atoms with van der Waals surface area (Å²) in [5.74, 6) is 0.845. The van der Waals surface area contributed by atoms with E-state index in [1.165, 1.54) is 37.1 Å². The molecule has 0 saturated carbocycles. The maximum absolute atomic E-state index is 5.59. The second-order valence-corrected chi connectivity index (χ2v) is 4.98. The van der Waals surface area contributed by atoms with Gasteiger partial charge < -0.3 is 10.6 Å². The summed E-state index contributed by atoms with van der Waals surface area (Å²) in [4.78, 5) is 2.43. The quantitative estimate of drug-likeness (QED) is 0.833. The smallest absolute Gasteiger partial charge is 0.00103 e. The van der Waals surface area contributed by atoms with E-state index in [0.717, 1.165) is 18.9 Å². The second-order valence-electron chi connectivity index (χ2n) is 4.98. The lowest BCUT2D eigenvalue weighted by atomic mass is 9.97. The van der Waals surface area contributed by atoms with Crippen molar-refractivity contribution in [3.63, 3.8) is 0 Å². The predicted molar refractivity (Wildman–Crippen MR) is 68.5 cm³/mol. The van der Waals surface area contributed by atoms with Crippen molar-refractivity contribution in [2.24, 2.45) is 11.7 Å². The topological polar surface area (TPSA) is 29.3 Å². The highest BCUT2D eigenvalue weighted by Gasteiger charge is 2.19. The lowest BCUT2D eigenvalue weighted by molar-refractivity contribution is 0.394. The molecule has 1 aliphatic rings. The normalized spacial score (nSPS) is 21.5. The Morgan fingerprint density at radius 2 is 2.19 bits per heavy atom. The Morgan fingerprint density at radius 3 is 2.88 bits per heavy atom. The van der Waals surface area contributed by atoms with E-state index in [-0.39, 0.29) is 0 Å². The fourth-order valence-electron chi connectivity index (χ4n) is 2.61. The van der Waals surface area contributed by atoms with Crippen molar-refractivity contribution in [3.8, 4) is 0 Å². The molecule has 0 aromatic heterocycles. The zero-order valence-corrected chi connectivity index (χ0v) is 10.2. The molecule has 2 N–H and O–H groups in total. The van der Waals surface area contributed by atoms with Gasteiger partial charge in [0, 0.05) is 6.54 Å². The van der Waals surface area contributed by atoms with Gasteiger partial charge in [0.25, 0.3) is 0 Å². The SMILES string of the molecule is CN1CCC(Cc2cccc(CCN)c2)C1. The molecule has 0 bridgehead atoms. The van der Waals surface area contributed by atoms with E-state index in [1.807, 2.05) is 0 Å². The molecule has 0 aliphatic carbocycles. The molecule has 1 atom stereocenters. The molecule has 1 aromatic rings. The summed E-state index contributed by atoms with van der Waals surface area (Å²) in [7, 11) is 2.21. The summed E-state index contributed by atoms with van der Waals surface area (Å²) in [6, 6.07) is 8.92. The maximum Gasteiger partial charge on any atom is 0.00103 e. The average Bonchev–Trinajstić information content (AvgIpc) is 2.65. The number of hydrogen-bond donors (Lipinski definition) is 1. The van der Waals surface area contributed by atoms with E-state index in [0.29, 0.717) is 0 Å². The molecule has 0 spiro atoms. The fraction of sp³-hybridized carbons (Fsp3) is 0.571. The zero-order chi connectivity index (χ0) is 11.4. The number of nitrogens with two attached hydrogens (primary N) is 1. The monoisotopic (exact) mass is 218 g/mol. The van der Waals surface area contributed by atoms with Crippen LogP contribution < -0.4 is 5.73 Å². The fourth-order valence-corrected chi connectivity index (χ4v) is 2.61. The third-order valence-corrected chi connectivity index (χ3v) is 3.44. The Bertz CT molecular complexity index is 335. The molecule has 1 unspecified atom stereocenters. The van der Waals surface area contributed by atoms with Gasteiger partial charge in [-0.15, -0.1) is 0 Å². The highest BCUT2D eigenvalue weighted by molar-refractivity contribution is 5.24. The van der Waals surface area contributed by atoms with Crippen LogP contribution in [0.5, 0.6) is 0 Å². The van der Waals surface area contributed by atoms with Crippen LogP contribution in [0.15, 0.2) is 24.3 Å². The minimum Gasteiger partial charge on any atom is -0.330 e. The van der Waals surface area contributed by atoms with Gasteiger partial charge >= 0.3 is 0 Å². The molecule has 88 valence electrons. The first-order valence-corrected chi connectivity index (χ1v) is 6.24. The van der Waals surface area contributed by atoms with Crippen molar-refractivity contribution >= 4 is 0 Å². The summed E-state index contributed by atoms with van der Waals surface area (Å²) in [5, 5.41) is 0. The molecule has 1 fully saturated rings. The van der Waals surface area contributed by atoms with Crippen LogP contribution in [-0.2, 0) is 12.8 Å². The summed E-state index contributed by atoms with van der Waals surface area (Å²) in [5.41, 5.74) is 8.44. The Balaban J connectivity index is 1.95. The largest absolute Gasteiger partial charge is 0.330 e. The minimum atomic E-state index is 0.746. The lowest BCUT2D eigenvalue weighted by Gasteiger charge is -2.11.